The number of hydrogen-bond acceptors (Lipinski definition) is 3. The molecule has 1 amide bonds. The van der Waals surface area contributed by atoms with Crippen molar-refractivity contribution < 1.29 is 4.79 Å². The molecule has 2 aliphatic carbocycles. The molecular weight excluding hydrogens is 372 g/mol. The summed E-state index contributed by atoms with van der Waals surface area (Å²) in [6, 6.07) is 4.07. The van der Waals surface area contributed by atoms with Crippen LogP contribution in [0, 0.1) is 12.8 Å². The lowest BCUT2D eigenvalue weighted by molar-refractivity contribution is 0.0999. The molecule has 2 N–H and O–H groups in total. The minimum absolute atomic E-state index is 0.0694. The summed E-state index contributed by atoms with van der Waals surface area (Å²) in [6.45, 7) is 11.8. The van der Waals surface area contributed by atoms with Crippen molar-refractivity contribution in [2.24, 2.45) is 11.7 Å². The van der Waals surface area contributed by atoms with E-state index in [0.29, 0.717) is 11.5 Å². The molecule has 2 aromatic rings. The molecule has 2 aliphatic rings. The summed E-state index contributed by atoms with van der Waals surface area (Å²) in [5, 5.41) is 0. The summed E-state index contributed by atoms with van der Waals surface area (Å²) in [4.78, 5) is 22.1. The third kappa shape index (κ3) is 4.03. The molecule has 2 saturated carbocycles. The maximum Gasteiger partial charge on any atom is 0.250 e. The minimum atomic E-state index is -0.365. The van der Waals surface area contributed by atoms with E-state index in [9.17, 15) is 4.79 Å². The first-order valence-corrected chi connectivity index (χ1v) is 11.5. The van der Waals surface area contributed by atoms with Crippen LogP contribution in [0.2, 0.25) is 0 Å². The van der Waals surface area contributed by atoms with Crippen LogP contribution in [0.3, 0.4) is 0 Å². The Kier molecular flexibility index (Phi) is 5.27. The molecule has 4 rings (SSSR count). The number of rotatable bonds is 5. The maximum absolute atomic E-state index is 12.1. The van der Waals surface area contributed by atoms with Crippen LogP contribution in [0.4, 0.5) is 0 Å². The average Bonchev–Trinajstić information content (AvgIpc) is 3.37. The second-order valence-electron chi connectivity index (χ2n) is 10.8. The highest BCUT2D eigenvalue weighted by Gasteiger charge is 2.43. The van der Waals surface area contributed by atoms with Gasteiger partial charge in [0.1, 0.15) is 5.82 Å². The zero-order valence-corrected chi connectivity index (χ0v) is 19.2. The van der Waals surface area contributed by atoms with Crippen molar-refractivity contribution in [3.63, 3.8) is 0 Å². The Bertz CT molecular complexity index is 933. The van der Waals surface area contributed by atoms with E-state index in [1.807, 2.05) is 13.0 Å². The molecule has 0 aliphatic heterocycles. The van der Waals surface area contributed by atoms with E-state index in [1.165, 1.54) is 32.1 Å². The van der Waals surface area contributed by atoms with Gasteiger partial charge < -0.3 is 10.3 Å². The number of carbonyl (C=O) groups excluding carboxylic acids is 1. The lowest BCUT2D eigenvalue weighted by Crippen LogP contribution is -2.20. The first-order valence-electron chi connectivity index (χ1n) is 11.5. The third-order valence-corrected chi connectivity index (χ3v) is 7.09. The van der Waals surface area contributed by atoms with Crippen molar-refractivity contribution in [1.82, 2.24) is 14.5 Å². The van der Waals surface area contributed by atoms with Gasteiger partial charge in [-0.1, -0.05) is 47.0 Å². The molecule has 0 saturated heterocycles. The maximum atomic E-state index is 12.1. The highest BCUT2D eigenvalue weighted by atomic mass is 16.1. The highest BCUT2D eigenvalue weighted by molar-refractivity contribution is 5.95. The SMILES string of the molecule is Cc1c(C(N)=O)cc(-c2cc(C(C)(C)C)nc(C3(C)CC3)n2)n1CC1CCCCC1. The van der Waals surface area contributed by atoms with Crippen LogP contribution < -0.4 is 5.73 Å². The van der Waals surface area contributed by atoms with Crippen LogP contribution in [0.5, 0.6) is 0 Å². The minimum Gasteiger partial charge on any atom is -0.366 e. The zero-order valence-electron chi connectivity index (χ0n) is 19.2. The molecule has 0 bridgehead atoms. The van der Waals surface area contributed by atoms with Crippen molar-refractivity contribution in [3.8, 4) is 11.4 Å². The number of nitrogens with zero attached hydrogens (tertiary/aromatic N) is 3. The Hall–Kier alpha value is -2.17. The summed E-state index contributed by atoms with van der Waals surface area (Å²) in [5.41, 5.74) is 10.3. The second kappa shape index (κ2) is 7.51. The van der Waals surface area contributed by atoms with E-state index >= 15 is 0 Å². The lowest BCUT2D eigenvalue weighted by Gasteiger charge is -2.25. The standard InChI is InChI=1S/C25H36N4O/c1-16-18(22(26)30)13-20(29(16)15-17-9-7-6-8-10-17)19-14-21(24(2,3)4)28-23(27-19)25(5)11-12-25/h13-14,17H,6-12,15H2,1-5H3,(H2,26,30). The highest BCUT2D eigenvalue weighted by Crippen LogP contribution is 2.47. The second-order valence-corrected chi connectivity index (χ2v) is 10.8. The molecule has 0 unspecified atom stereocenters. The van der Waals surface area contributed by atoms with Gasteiger partial charge in [-0.05, 0) is 50.7 Å². The molecule has 5 nitrogen and oxygen atoms in total. The molecule has 5 heteroatoms. The fraction of sp³-hybridized carbons (Fsp3) is 0.640. The number of primary amides is 1. The molecule has 2 aromatic heterocycles. The molecule has 30 heavy (non-hydrogen) atoms. The average molecular weight is 409 g/mol. The van der Waals surface area contributed by atoms with E-state index < -0.39 is 0 Å². The van der Waals surface area contributed by atoms with Crippen molar-refractivity contribution in [1.29, 1.82) is 0 Å². The first-order chi connectivity index (χ1) is 14.1. The Morgan fingerprint density at radius 2 is 1.83 bits per heavy atom. The first kappa shape index (κ1) is 21.1. The van der Waals surface area contributed by atoms with E-state index in [2.05, 4.69) is 38.3 Å². The molecule has 0 atom stereocenters. The molecule has 0 radical (unpaired) electrons. The van der Waals surface area contributed by atoms with Crippen LogP contribution in [0.25, 0.3) is 11.4 Å². The van der Waals surface area contributed by atoms with Crippen molar-refractivity contribution in [2.45, 2.75) is 96.9 Å². The number of nitrogens with two attached hydrogens (primary N) is 1. The normalized spacial score (nSPS) is 19.1. The van der Waals surface area contributed by atoms with E-state index in [-0.39, 0.29) is 16.7 Å². The van der Waals surface area contributed by atoms with Gasteiger partial charge >= 0.3 is 0 Å². The summed E-state index contributed by atoms with van der Waals surface area (Å²) in [6.07, 6.45) is 8.71. The smallest absolute Gasteiger partial charge is 0.250 e. The van der Waals surface area contributed by atoms with E-state index in [0.717, 1.165) is 48.0 Å². The lowest BCUT2D eigenvalue weighted by atomic mass is 9.89. The van der Waals surface area contributed by atoms with Gasteiger partial charge in [0.2, 0.25) is 0 Å². The van der Waals surface area contributed by atoms with Gasteiger partial charge in [-0.2, -0.15) is 0 Å². The fourth-order valence-electron chi connectivity index (χ4n) is 4.61. The van der Waals surface area contributed by atoms with Crippen molar-refractivity contribution in [3.05, 3.63) is 34.9 Å². The van der Waals surface area contributed by atoms with Gasteiger partial charge in [0.05, 0.1) is 22.6 Å². The molecule has 2 fully saturated rings. The topological polar surface area (TPSA) is 73.8 Å². The van der Waals surface area contributed by atoms with Crippen LogP contribution in [0.1, 0.15) is 100 Å². The van der Waals surface area contributed by atoms with Crippen LogP contribution in [-0.4, -0.2) is 20.4 Å². The Labute approximate surface area is 180 Å². The van der Waals surface area contributed by atoms with Gasteiger partial charge in [-0.25, -0.2) is 9.97 Å². The predicted molar refractivity (Wildman–Crippen MR) is 121 cm³/mol. The van der Waals surface area contributed by atoms with E-state index in [4.69, 9.17) is 15.7 Å². The molecule has 2 heterocycles. The van der Waals surface area contributed by atoms with E-state index in [1.54, 1.807) is 0 Å². The van der Waals surface area contributed by atoms with Crippen LogP contribution in [-0.2, 0) is 17.4 Å². The van der Waals surface area contributed by atoms with Gasteiger partial charge in [0.15, 0.2) is 0 Å². The monoisotopic (exact) mass is 408 g/mol. The Morgan fingerprint density at radius 3 is 2.40 bits per heavy atom. The van der Waals surface area contributed by atoms with Gasteiger partial charge in [-0.3, -0.25) is 4.79 Å². The number of aromatic nitrogens is 3. The Morgan fingerprint density at radius 1 is 1.17 bits per heavy atom. The summed E-state index contributed by atoms with van der Waals surface area (Å²) in [7, 11) is 0. The number of hydrogen-bond donors (Lipinski definition) is 1. The van der Waals surface area contributed by atoms with Crippen LogP contribution in [0.15, 0.2) is 12.1 Å². The molecule has 0 spiro atoms. The van der Waals surface area contributed by atoms with Gasteiger partial charge in [0, 0.05) is 23.1 Å². The van der Waals surface area contributed by atoms with Gasteiger partial charge in [0.25, 0.3) is 5.91 Å². The molecule has 0 aromatic carbocycles. The molecule has 162 valence electrons. The number of carbonyl (C=O) groups is 1. The van der Waals surface area contributed by atoms with Crippen molar-refractivity contribution >= 4 is 5.91 Å². The summed E-state index contributed by atoms with van der Waals surface area (Å²) >= 11 is 0. The Balaban J connectivity index is 1.84. The van der Waals surface area contributed by atoms with Crippen LogP contribution >= 0.6 is 0 Å². The van der Waals surface area contributed by atoms with Crippen molar-refractivity contribution in [2.75, 3.05) is 0 Å². The molecular formula is C25H36N4O. The number of amides is 1. The fourth-order valence-corrected chi connectivity index (χ4v) is 4.61. The van der Waals surface area contributed by atoms with Gasteiger partial charge in [-0.15, -0.1) is 0 Å². The quantitative estimate of drug-likeness (QED) is 0.731. The largest absolute Gasteiger partial charge is 0.366 e. The third-order valence-electron chi connectivity index (χ3n) is 7.09. The zero-order chi connectivity index (χ0) is 21.7. The predicted octanol–water partition coefficient (Wildman–Crippen LogP) is 5.28. The summed E-state index contributed by atoms with van der Waals surface area (Å²) < 4.78 is 2.30. The summed E-state index contributed by atoms with van der Waals surface area (Å²) in [5.74, 6) is 1.22.